The first-order valence-corrected chi connectivity index (χ1v) is 9.62. The summed E-state index contributed by atoms with van der Waals surface area (Å²) in [7, 11) is 3.98. The van der Waals surface area contributed by atoms with Crippen LogP contribution < -0.4 is 0 Å². The molecule has 5 nitrogen and oxygen atoms in total. The summed E-state index contributed by atoms with van der Waals surface area (Å²) in [5.41, 5.74) is 2.15. The maximum Gasteiger partial charge on any atom is 0.239 e. The molecule has 1 atom stereocenters. The molecule has 3 rings (SSSR count). The van der Waals surface area contributed by atoms with Crippen LogP contribution in [0.5, 0.6) is 0 Å². The molecule has 5 heteroatoms. The summed E-state index contributed by atoms with van der Waals surface area (Å²) < 4.78 is 1.88. The van der Waals surface area contributed by atoms with Gasteiger partial charge >= 0.3 is 0 Å². The Hall–Kier alpha value is -2.14. The number of nitrogens with zero attached hydrogens (tertiary/aromatic N) is 4. The Morgan fingerprint density at radius 3 is 2.58 bits per heavy atom. The lowest BCUT2D eigenvalue weighted by molar-refractivity contribution is -0.137. The second kappa shape index (κ2) is 8.49. The maximum absolute atomic E-state index is 12.9. The Bertz CT molecular complexity index is 706. The molecular weight excluding hydrogens is 324 g/mol. The fourth-order valence-corrected chi connectivity index (χ4v) is 3.72. The van der Waals surface area contributed by atoms with Crippen LogP contribution in [0.4, 0.5) is 0 Å². The summed E-state index contributed by atoms with van der Waals surface area (Å²) in [5, 5.41) is 4.45. The molecule has 26 heavy (non-hydrogen) atoms. The number of hydrogen-bond donors (Lipinski definition) is 0. The predicted molar refractivity (Wildman–Crippen MR) is 104 cm³/mol. The Kier molecular flexibility index (Phi) is 6.09. The second-order valence-electron chi connectivity index (χ2n) is 7.46. The minimum absolute atomic E-state index is 0.137. The van der Waals surface area contributed by atoms with Gasteiger partial charge in [0.1, 0.15) is 0 Å². The van der Waals surface area contributed by atoms with Crippen molar-refractivity contribution in [2.24, 2.45) is 0 Å². The van der Waals surface area contributed by atoms with Crippen LogP contribution in [0.3, 0.4) is 0 Å². The van der Waals surface area contributed by atoms with Gasteiger partial charge < -0.3 is 4.90 Å². The number of aromatic nitrogens is 2. The Morgan fingerprint density at radius 1 is 1.19 bits per heavy atom. The normalized spacial score (nSPS) is 16.6. The summed E-state index contributed by atoms with van der Waals surface area (Å²) in [4.78, 5) is 16.9. The highest BCUT2D eigenvalue weighted by atomic mass is 16.2. The molecule has 1 fully saturated rings. The number of amides is 1. The third-order valence-corrected chi connectivity index (χ3v) is 5.58. The van der Waals surface area contributed by atoms with Gasteiger partial charge in [0, 0.05) is 31.4 Å². The standard InChI is InChI=1S/C21H30N4O/c1-17(21(26)24(3)19-10-6-4-7-11-19)23(2)15-18-14-22-25(16-18)20-12-8-5-9-13-20/h5,8-9,12-14,16-17,19H,4,6-7,10-11,15H2,1-3H3. The van der Waals surface area contributed by atoms with Gasteiger partial charge in [-0.2, -0.15) is 5.10 Å². The van der Waals surface area contributed by atoms with Gasteiger partial charge in [-0.25, -0.2) is 4.68 Å². The second-order valence-corrected chi connectivity index (χ2v) is 7.46. The first-order valence-electron chi connectivity index (χ1n) is 9.62. The lowest BCUT2D eigenvalue weighted by Gasteiger charge is -2.35. The van der Waals surface area contributed by atoms with E-state index in [9.17, 15) is 4.79 Å². The molecule has 2 aromatic rings. The van der Waals surface area contributed by atoms with Crippen molar-refractivity contribution >= 4 is 5.91 Å². The fourth-order valence-electron chi connectivity index (χ4n) is 3.72. The molecule has 0 bridgehead atoms. The van der Waals surface area contributed by atoms with Crippen molar-refractivity contribution in [2.75, 3.05) is 14.1 Å². The van der Waals surface area contributed by atoms with E-state index < -0.39 is 0 Å². The zero-order valence-electron chi connectivity index (χ0n) is 16.1. The van der Waals surface area contributed by atoms with Gasteiger partial charge in [-0.3, -0.25) is 9.69 Å². The van der Waals surface area contributed by atoms with Crippen LogP contribution in [0.15, 0.2) is 42.7 Å². The average Bonchev–Trinajstić information content (AvgIpc) is 3.16. The van der Waals surface area contributed by atoms with E-state index in [1.807, 2.05) is 73.3 Å². The van der Waals surface area contributed by atoms with Gasteiger partial charge in [-0.15, -0.1) is 0 Å². The smallest absolute Gasteiger partial charge is 0.239 e. The van der Waals surface area contributed by atoms with Gasteiger partial charge in [0.05, 0.1) is 17.9 Å². The number of rotatable bonds is 6. The fraction of sp³-hybridized carbons (Fsp3) is 0.524. The summed E-state index contributed by atoms with van der Waals surface area (Å²) >= 11 is 0. The third-order valence-electron chi connectivity index (χ3n) is 5.58. The van der Waals surface area contributed by atoms with Crippen LogP contribution in [0.1, 0.15) is 44.6 Å². The van der Waals surface area contributed by atoms with E-state index in [-0.39, 0.29) is 11.9 Å². The molecule has 1 aromatic carbocycles. The molecule has 1 saturated carbocycles. The number of benzene rings is 1. The highest BCUT2D eigenvalue weighted by molar-refractivity contribution is 5.81. The summed E-state index contributed by atoms with van der Waals surface area (Å²) in [6, 6.07) is 10.3. The summed E-state index contributed by atoms with van der Waals surface area (Å²) in [6.45, 7) is 2.71. The average molecular weight is 354 g/mol. The number of para-hydroxylation sites is 1. The van der Waals surface area contributed by atoms with Crippen LogP contribution in [0.25, 0.3) is 5.69 Å². The van der Waals surface area contributed by atoms with E-state index in [1.165, 1.54) is 19.3 Å². The molecule has 1 aliphatic rings. The van der Waals surface area contributed by atoms with E-state index in [4.69, 9.17) is 0 Å². The van der Waals surface area contributed by atoms with Gasteiger partial charge in [-0.05, 0) is 38.9 Å². The van der Waals surface area contributed by atoms with Crippen molar-refractivity contribution < 1.29 is 4.79 Å². The zero-order valence-corrected chi connectivity index (χ0v) is 16.1. The van der Waals surface area contributed by atoms with E-state index in [0.29, 0.717) is 12.6 Å². The minimum Gasteiger partial charge on any atom is -0.341 e. The van der Waals surface area contributed by atoms with Crippen LogP contribution in [0.2, 0.25) is 0 Å². The molecule has 1 heterocycles. The van der Waals surface area contributed by atoms with E-state index in [1.54, 1.807) is 0 Å². The number of carbonyl (C=O) groups excluding carboxylic acids is 1. The topological polar surface area (TPSA) is 41.4 Å². The molecule has 1 unspecified atom stereocenters. The van der Waals surface area contributed by atoms with Gasteiger partial charge in [0.2, 0.25) is 5.91 Å². The Balaban J connectivity index is 1.59. The highest BCUT2D eigenvalue weighted by Crippen LogP contribution is 2.22. The van der Waals surface area contributed by atoms with Crippen molar-refractivity contribution in [2.45, 2.75) is 57.7 Å². The monoisotopic (exact) mass is 354 g/mol. The first kappa shape index (κ1) is 18.6. The van der Waals surface area contributed by atoms with Crippen molar-refractivity contribution in [1.82, 2.24) is 19.6 Å². The molecule has 0 spiro atoms. The minimum atomic E-state index is -0.137. The molecular formula is C21H30N4O. The van der Waals surface area contributed by atoms with Gasteiger partial charge in [0.25, 0.3) is 0 Å². The molecule has 0 aliphatic heterocycles. The van der Waals surface area contributed by atoms with E-state index >= 15 is 0 Å². The van der Waals surface area contributed by atoms with Crippen molar-refractivity contribution in [1.29, 1.82) is 0 Å². The lowest BCUT2D eigenvalue weighted by Crippen LogP contribution is -2.48. The summed E-state index contributed by atoms with van der Waals surface area (Å²) in [6.07, 6.45) is 9.99. The molecule has 0 N–H and O–H groups in total. The van der Waals surface area contributed by atoms with E-state index in [2.05, 4.69) is 10.00 Å². The largest absolute Gasteiger partial charge is 0.341 e. The first-order chi connectivity index (χ1) is 12.6. The van der Waals surface area contributed by atoms with Gasteiger partial charge in [0.15, 0.2) is 0 Å². The molecule has 1 aliphatic carbocycles. The van der Waals surface area contributed by atoms with Crippen LogP contribution in [-0.2, 0) is 11.3 Å². The Labute approximate surface area is 156 Å². The van der Waals surface area contributed by atoms with Crippen molar-refractivity contribution in [3.05, 3.63) is 48.3 Å². The van der Waals surface area contributed by atoms with E-state index in [0.717, 1.165) is 24.1 Å². The van der Waals surface area contributed by atoms with Crippen LogP contribution in [-0.4, -0.2) is 51.7 Å². The highest BCUT2D eigenvalue weighted by Gasteiger charge is 2.27. The quantitative estimate of drug-likeness (QED) is 0.797. The third kappa shape index (κ3) is 4.33. The van der Waals surface area contributed by atoms with Crippen LogP contribution >= 0.6 is 0 Å². The molecule has 0 radical (unpaired) electrons. The number of hydrogen-bond acceptors (Lipinski definition) is 3. The van der Waals surface area contributed by atoms with Crippen molar-refractivity contribution in [3.63, 3.8) is 0 Å². The van der Waals surface area contributed by atoms with Crippen molar-refractivity contribution in [3.8, 4) is 5.69 Å². The maximum atomic E-state index is 12.9. The summed E-state index contributed by atoms with van der Waals surface area (Å²) in [5.74, 6) is 0.217. The predicted octanol–water partition coefficient (Wildman–Crippen LogP) is 3.48. The SMILES string of the molecule is CC(C(=O)N(C)C1CCCCC1)N(C)Cc1cnn(-c2ccccc2)c1. The number of likely N-dealkylation sites (N-methyl/N-ethyl adjacent to an activating group) is 2. The molecule has 140 valence electrons. The zero-order chi connectivity index (χ0) is 18.5. The van der Waals surface area contributed by atoms with Crippen LogP contribution in [0, 0.1) is 0 Å². The molecule has 1 amide bonds. The van der Waals surface area contributed by atoms with Gasteiger partial charge in [-0.1, -0.05) is 37.5 Å². The number of carbonyl (C=O) groups is 1. The lowest BCUT2D eigenvalue weighted by atomic mass is 9.94. The molecule has 0 saturated heterocycles. The molecule has 1 aromatic heterocycles. The Morgan fingerprint density at radius 2 is 1.88 bits per heavy atom.